The SMILES string of the molecule is CCCNC(=O)CNC(=O)c1ccc(CSc2nc3ccccc3[nH]2)cc1. The molecule has 0 fully saturated rings. The Labute approximate surface area is 162 Å². The van der Waals surface area contributed by atoms with Crippen molar-refractivity contribution in [3.05, 3.63) is 59.7 Å². The Morgan fingerprint density at radius 3 is 2.59 bits per heavy atom. The topological polar surface area (TPSA) is 86.9 Å². The molecule has 140 valence electrons. The van der Waals surface area contributed by atoms with Crippen LogP contribution in [-0.2, 0) is 10.5 Å². The van der Waals surface area contributed by atoms with Crippen LogP contribution in [0.25, 0.3) is 11.0 Å². The third-order valence-corrected chi connectivity index (χ3v) is 4.89. The highest BCUT2D eigenvalue weighted by Crippen LogP contribution is 2.23. The Hall–Kier alpha value is -2.80. The first-order valence-electron chi connectivity index (χ1n) is 8.87. The predicted octanol–water partition coefficient (Wildman–Crippen LogP) is 3.11. The molecular weight excluding hydrogens is 360 g/mol. The normalized spacial score (nSPS) is 10.7. The maximum atomic E-state index is 12.1. The van der Waals surface area contributed by atoms with Crippen molar-refractivity contribution in [1.82, 2.24) is 20.6 Å². The van der Waals surface area contributed by atoms with E-state index in [-0.39, 0.29) is 18.4 Å². The monoisotopic (exact) mass is 382 g/mol. The molecule has 27 heavy (non-hydrogen) atoms. The number of para-hydroxylation sites is 2. The zero-order chi connectivity index (χ0) is 19.1. The number of nitrogens with one attached hydrogen (secondary N) is 3. The van der Waals surface area contributed by atoms with E-state index in [2.05, 4.69) is 20.6 Å². The Balaban J connectivity index is 1.50. The van der Waals surface area contributed by atoms with Gasteiger partial charge in [-0.05, 0) is 36.2 Å². The van der Waals surface area contributed by atoms with Gasteiger partial charge in [-0.15, -0.1) is 0 Å². The van der Waals surface area contributed by atoms with Gasteiger partial charge in [-0.1, -0.05) is 43.0 Å². The fraction of sp³-hybridized carbons (Fsp3) is 0.250. The lowest BCUT2D eigenvalue weighted by molar-refractivity contribution is -0.120. The molecule has 2 amide bonds. The molecule has 2 aromatic carbocycles. The van der Waals surface area contributed by atoms with Gasteiger partial charge in [0, 0.05) is 17.9 Å². The molecule has 0 aliphatic carbocycles. The summed E-state index contributed by atoms with van der Waals surface area (Å²) in [4.78, 5) is 31.5. The van der Waals surface area contributed by atoms with Crippen LogP contribution in [0.1, 0.15) is 29.3 Å². The average Bonchev–Trinajstić information content (AvgIpc) is 3.12. The molecule has 3 rings (SSSR count). The standard InChI is InChI=1S/C20H22N4O2S/c1-2-11-21-18(25)12-22-19(26)15-9-7-14(8-10-15)13-27-20-23-16-5-3-4-6-17(16)24-20/h3-10H,2,11-13H2,1H3,(H,21,25)(H,22,26)(H,23,24). The molecule has 0 saturated carbocycles. The van der Waals surface area contributed by atoms with Crippen LogP contribution >= 0.6 is 11.8 Å². The highest BCUT2D eigenvalue weighted by Gasteiger charge is 2.08. The molecule has 0 aliphatic rings. The van der Waals surface area contributed by atoms with E-state index in [1.807, 2.05) is 43.3 Å². The maximum Gasteiger partial charge on any atom is 0.251 e. The van der Waals surface area contributed by atoms with Crippen molar-refractivity contribution >= 4 is 34.6 Å². The summed E-state index contributed by atoms with van der Waals surface area (Å²) in [6.45, 7) is 2.59. The Morgan fingerprint density at radius 1 is 1.07 bits per heavy atom. The molecule has 0 bridgehead atoms. The zero-order valence-electron chi connectivity index (χ0n) is 15.1. The molecule has 6 nitrogen and oxygen atoms in total. The molecule has 3 aromatic rings. The summed E-state index contributed by atoms with van der Waals surface area (Å²) in [6, 6.07) is 15.3. The summed E-state index contributed by atoms with van der Waals surface area (Å²) in [5, 5.41) is 6.22. The summed E-state index contributed by atoms with van der Waals surface area (Å²) in [6.07, 6.45) is 0.868. The lowest BCUT2D eigenvalue weighted by atomic mass is 10.1. The summed E-state index contributed by atoms with van der Waals surface area (Å²) in [5.41, 5.74) is 3.61. The van der Waals surface area contributed by atoms with Crippen molar-refractivity contribution in [2.24, 2.45) is 0 Å². The molecule has 0 radical (unpaired) electrons. The number of rotatable bonds is 8. The predicted molar refractivity (Wildman–Crippen MR) is 108 cm³/mol. The molecule has 0 unspecified atom stereocenters. The smallest absolute Gasteiger partial charge is 0.251 e. The summed E-state index contributed by atoms with van der Waals surface area (Å²) >= 11 is 1.62. The maximum absolute atomic E-state index is 12.1. The van der Waals surface area contributed by atoms with Crippen LogP contribution < -0.4 is 10.6 Å². The number of aromatic nitrogens is 2. The molecule has 7 heteroatoms. The van der Waals surface area contributed by atoms with Gasteiger partial charge in [-0.3, -0.25) is 9.59 Å². The van der Waals surface area contributed by atoms with Crippen LogP contribution in [0.5, 0.6) is 0 Å². The highest BCUT2D eigenvalue weighted by atomic mass is 32.2. The molecule has 0 saturated heterocycles. The number of hydrogen-bond donors (Lipinski definition) is 3. The molecule has 0 spiro atoms. The van der Waals surface area contributed by atoms with Crippen LogP contribution in [0.3, 0.4) is 0 Å². The number of fused-ring (bicyclic) bond motifs is 1. The minimum atomic E-state index is -0.252. The first-order chi connectivity index (χ1) is 13.2. The first kappa shape index (κ1) is 19.0. The third kappa shape index (κ3) is 5.34. The summed E-state index contributed by atoms with van der Waals surface area (Å²) in [7, 11) is 0. The van der Waals surface area contributed by atoms with Gasteiger partial charge in [-0.25, -0.2) is 4.98 Å². The van der Waals surface area contributed by atoms with E-state index in [1.165, 1.54) is 0 Å². The van der Waals surface area contributed by atoms with Crippen molar-refractivity contribution < 1.29 is 9.59 Å². The number of H-pyrrole nitrogens is 1. The van der Waals surface area contributed by atoms with Gasteiger partial charge in [0.05, 0.1) is 17.6 Å². The van der Waals surface area contributed by atoms with E-state index in [9.17, 15) is 9.59 Å². The van der Waals surface area contributed by atoms with E-state index >= 15 is 0 Å². The Morgan fingerprint density at radius 2 is 1.85 bits per heavy atom. The summed E-state index contributed by atoms with van der Waals surface area (Å²) in [5.74, 6) is 0.323. The number of imidazole rings is 1. The van der Waals surface area contributed by atoms with Gasteiger partial charge in [-0.2, -0.15) is 0 Å². The lowest BCUT2D eigenvalue weighted by Crippen LogP contribution is -2.37. The first-order valence-corrected chi connectivity index (χ1v) is 9.85. The number of aromatic amines is 1. The Kier molecular flexibility index (Phi) is 6.49. The quantitative estimate of drug-likeness (QED) is 0.523. The van der Waals surface area contributed by atoms with Gasteiger partial charge >= 0.3 is 0 Å². The van der Waals surface area contributed by atoms with Crippen LogP contribution in [-0.4, -0.2) is 34.9 Å². The second-order valence-corrected chi connectivity index (χ2v) is 7.04. The van der Waals surface area contributed by atoms with E-state index in [1.54, 1.807) is 23.9 Å². The molecule has 0 aliphatic heterocycles. The number of nitrogens with zero attached hydrogens (tertiary/aromatic N) is 1. The largest absolute Gasteiger partial charge is 0.355 e. The van der Waals surface area contributed by atoms with Crippen molar-refractivity contribution in [2.75, 3.05) is 13.1 Å². The number of carbonyl (C=O) groups excluding carboxylic acids is 2. The minimum absolute atomic E-state index is 0.0114. The molecule has 1 heterocycles. The second kappa shape index (κ2) is 9.23. The fourth-order valence-corrected chi connectivity index (χ4v) is 3.33. The van der Waals surface area contributed by atoms with Crippen molar-refractivity contribution in [1.29, 1.82) is 0 Å². The van der Waals surface area contributed by atoms with Gasteiger partial charge in [0.1, 0.15) is 0 Å². The van der Waals surface area contributed by atoms with Gasteiger partial charge in [0.2, 0.25) is 5.91 Å². The zero-order valence-corrected chi connectivity index (χ0v) is 15.9. The number of benzene rings is 2. The number of carbonyl (C=O) groups is 2. The highest BCUT2D eigenvalue weighted by molar-refractivity contribution is 7.98. The fourth-order valence-electron chi connectivity index (χ4n) is 2.49. The van der Waals surface area contributed by atoms with E-state index in [4.69, 9.17) is 0 Å². The van der Waals surface area contributed by atoms with E-state index < -0.39 is 0 Å². The average molecular weight is 382 g/mol. The van der Waals surface area contributed by atoms with Crippen LogP contribution in [0.2, 0.25) is 0 Å². The van der Waals surface area contributed by atoms with E-state index in [0.717, 1.165) is 33.9 Å². The molecule has 3 N–H and O–H groups in total. The number of hydrogen-bond acceptors (Lipinski definition) is 4. The molecule has 0 atom stereocenters. The molecular formula is C20H22N4O2S. The van der Waals surface area contributed by atoms with Crippen LogP contribution in [0.15, 0.2) is 53.7 Å². The second-order valence-electron chi connectivity index (χ2n) is 6.08. The lowest BCUT2D eigenvalue weighted by Gasteiger charge is -2.07. The van der Waals surface area contributed by atoms with Gasteiger partial charge in [0.15, 0.2) is 5.16 Å². The Bertz CT molecular complexity index is 888. The van der Waals surface area contributed by atoms with Crippen LogP contribution in [0.4, 0.5) is 0 Å². The van der Waals surface area contributed by atoms with Crippen LogP contribution in [0, 0.1) is 0 Å². The van der Waals surface area contributed by atoms with E-state index in [0.29, 0.717) is 12.1 Å². The van der Waals surface area contributed by atoms with Gasteiger partial charge < -0.3 is 15.6 Å². The summed E-state index contributed by atoms with van der Waals surface area (Å²) < 4.78 is 0. The minimum Gasteiger partial charge on any atom is -0.355 e. The van der Waals surface area contributed by atoms with Crippen molar-refractivity contribution in [3.8, 4) is 0 Å². The van der Waals surface area contributed by atoms with Crippen molar-refractivity contribution in [2.45, 2.75) is 24.3 Å². The third-order valence-electron chi connectivity index (χ3n) is 3.94. The number of thioether (sulfide) groups is 1. The van der Waals surface area contributed by atoms with Crippen molar-refractivity contribution in [3.63, 3.8) is 0 Å². The van der Waals surface area contributed by atoms with Gasteiger partial charge in [0.25, 0.3) is 5.91 Å². The molecule has 1 aromatic heterocycles. The number of amides is 2.